The van der Waals surface area contributed by atoms with Crippen LogP contribution in [-0.2, 0) is 4.79 Å². The van der Waals surface area contributed by atoms with E-state index in [0.717, 1.165) is 12.8 Å². The minimum atomic E-state index is -0.950. The molecule has 32 heavy (non-hydrogen) atoms. The largest absolute Gasteiger partial charge is 0.336 e. The Bertz CT molecular complexity index is 1100. The molecule has 0 spiro atoms. The number of amides is 2. The van der Waals surface area contributed by atoms with Crippen LogP contribution in [0.1, 0.15) is 36.0 Å². The van der Waals surface area contributed by atoms with Crippen LogP contribution in [-0.4, -0.2) is 52.5 Å². The number of nitriles is 1. The fourth-order valence-electron chi connectivity index (χ4n) is 4.58. The molecule has 0 bridgehead atoms. The van der Waals surface area contributed by atoms with Crippen LogP contribution < -0.4 is 10.2 Å². The van der Waals surface area contributed by atoms with Gasteiger partial charge in [-0.1, -0.05) is 0 Å². The molecule has 5 rings (SSSR count). The third-order valence-corrected chi connectivity index (χ3v) is 6.55. The second-order valence-corrected chi connectivity index (χ2v) is 8.64. The van der Waals surface area contributed by atoms with Gasteiger partial charge in [0.25, 0.3) is 5.91 Å². The van der Waals surface area contributed by atoms with Crippen molar-refractivity contribution < 1.29 is 14.0 Å². The van der Waals surface area contributed by atoms with E-state index in [1.54, 1.807) is 41.4 Å². The first-order chi connectivity index (χ1) is 15.5. The molecular weight excluding hydrogens is 411 g/mol. The van der Waals surface area contributed by atoms with Crippen molar-refractivity contribution in [1.82, 2.24) is 14.9 Å². The van der Waals surface area contributed by atoms with Crippen molar-refractivity contribution in [1.29, 1.82) is 5.26 Å². The monoisotopic (exact) mass is 434 g/mol. The summed E-state index contributed by atoms with van der Waals surface area (Å²) in [5.74, 6) is 0.579. The lowest BCUT2D eigenvalue weighted by Crippen LogP contribution is -2.35. The van der Waals surface area contributed by atoms with E-state index in [1.807, 2.05) is 0 Å². The van der Waals surface area contributed by atoms with Crippen molar-refractivity contribution in [2.75, 3.05) is 29.9 Å². The number of halogens is 1. The molecule has 1 aliphatic carbocycles. The highest BCUT2D eigenvalue weighted by Gasteiger charge is 2.57. The smallest absolute Gasteiger partial charge is 0.253 e. The average Bonchev–Trinajstić information content (AvgIpc) is 3.48. The van der Waals surface area contributed by atoms with Crippen molar-refractivity contribution in [3.63, 3.8) is 0 Å². The Hall–Kier alpha value is -3.54. The molecule has 9 heteroatoms. The van der Waals surface area contributed by atoms with Crippen LogP contribution in [0.4, 0.5) is 21.8 Å². The van der Waals surface area contributed by atoms with Gasteiger partial charge in [0.15, 0.2) is 0 Å². The molecule has 164 valence electrons. The third kappa shape index (κ3) is 3.55. The molecule has 0 unspecified atom stereocenters. The second kappa shape index (κ2) is 7.86. The van der Waals surface area contributed by atoms with Gasteiger partial charge in [-0.05, 0) is 61.9 Å². The first kappa shape index (κ1) is 20.4. The maximum atomic E-state index is 13.4. The van der Waals surface area contributed by atoms with Crippen molar-refractivity contribution >= 4 is 29.3 Å². The molecule has 2 saturated heterocycles. The van der Waals surface area contributed by atoms with Crippen molar-refractivity contribution in [3.8, 4) is 6.07 Å². The van der Waals surface area contributed by atoms with E-state index < -0.39 is 11.6 Å². The summed E-state index contributed by atoms with van der Waals surface area (Å²) in [7, 11) is 0. The van der Waals surface area contributed by atoms with E-state index >= 15 is 0 Å². The van der Waals surface area contributed by atoms with Gasteiger partial charge in [-0.15, -0.1) is 0 Å². The summed E-state index contributed by atoms with van der Waals surface area (Å²) in [5, 5.41) is 12.8. The quantitative estimate of drug-likeness (QED) is 0.776. The van der Waals surface area contributed by atoms with Gasteiger partial charge in [-0.25, -0.2) is 9.37 Å². The van der Waals surface area contributed by atoms with Gasteiger partial charge in [-0.2, -0.15) is 10.2 Å². The molecule has 0 radical (unpaired) electrons. The number of alkyl halides is 1. The molecular formula is C23H23FN6O2. The number of benzene rings is 1. The molecule has 1 aromatic heterocycles. The lowest BCUT2D eigenvalue weighted by molar-refractivity contribution is -0.123. The summed E-state index contributed by atoms with van der Waals surface area (Å²) in [6.45, 7) is 1.04. The van der Waals surface area contributed by atoms with E-state index in [2.05, 4.69) is 21.4 Å². The van der Waals surface area contributed by atoms with Gasteiger partial charge in [-0.3, -0.25) is 14.5 Å². The maximum Gasteiger partial charge on any atom is 0.253 e. The molecule has 2 aliphatic heterocycles. The Kier molecular flexibility index (Phi) is 5.00. The highest BCUT2D eigenvalue weighted by molar-refractivity contribution is 6.01. The lowest BCUT2D eigenvalue weighted by atomic mass is 9.83. The summed E-state index contributed by atoms with van der Waals surface area (Å²) in [6.07, 6.45) is 3.38. The molecule has 1 saturated carbocycles. The lowest BCUT2D eigenvalue weighted by Gasteiger charge is -2.20. The number of likely N-dealkylation sites (tertiary alicyclic amines) is 1. The molecule has 8 nitrogen and oxygen atoms in total. The minimum Gasteiger partial charge on any atom is -0.336 e. The third-order valence-electron chi connectivity index (χ3n) is 6.55. The molecule has 3 heterocycles. The minimum absolute atomic E-state index is 0.141. The van der Waals surface area contributed by atoms with Crippen LogP contribution in [0.25, 0.3) is 0 Å². The zero-order chi connectivity index (χ0) is 22.3. The fraction of sp³-hybridized carbons (Fsp3) is 0.435. The zero-order valence-corrected chi connectivity index (χ0v) is 17.5. The van der Waals surface area contributed by atoms with E-state index in [-0.39, 0.29) is 24.3 Å². The molecule has 2 aromatic rings. The summed E-state index contributed by atoms with van der Waals surface area (Å²) in [5.41, 5.74) is 0.258. The molecule has 3 fully saturated rings. The van der Waals surface area contributed by atoms with E-state index in [9.17, 15) is 19.2 Å². The van der Waals surface area contributed by atoms with Gasteiger partial charge in [0.1, 0.15) is 17.4 Å². The average molecular weight is 434 g/mol. The summed E-state index contributed by atoms with van der Waals surface area (Å²) in [6, 6.07) is 10.8. The normalized spacial score (nSPS) is 25.1. The summed E-state index contributed by atoms with van der Waals surface area (Å²) in [4.78, 5) is 37.3. The van der Waals surface area contributed by atoms with Crippen molar-refractivity contribution in [2.24, 2.45) is 11.3 Å². The highest BCUT2D eigenvalue weighted by atomic mass is 19.1. The molecule has 1 aromatic carbocycles. The molecule has 2 amide bonds. The first-order valence-electron chi connectivity index (χ1n) is 10.9. The van der Waals surface area contributed by atoms with E-state index in [4.69, 9.17) is 0 Å². The number of nitrogens with zero attached hydrogens (tertiary/aromatic N) is 5. The van der Waals surface area contributed by atoms with Crippen molar-refractivity contribution in [3.05, 3.63) is 42.1 Å². The maximum absolute atomic E-state index is 13.4. The molecule has 2 atom stereocenters. The van der Waals surface area contributed by atoms with E-state index in [1.165, 1.54) is 4.90 Å². The van der Waals surface area contributed by atoms with Crippen LogP contribution in [0.15, 0.2) is 36.5 Å². The van der Waals surface area contributed by atoms with Crippen LogP contribution in [0.3, 0.4) is 0 Å². The highest BCUT2D eigenvalue weighted by Crippen LogP contribution is 2.51. The molecule has 1 N–H and O–H groups in total. The molecule has 3 aliphatic rings. The van der Waals surface area contributed by atoms with E-state index in [0.29, 0.717) is 48.9 Å². The van der Waals surface area contributed by atoms with Crippen LogP contribution in [0.5, 0.6) is 0 Å². The Morgan fingerprint density at radius 3 is 2.62 bits per heavy atom. The predicted octanol–water partition coefficient (Wildman–Crippen LogP) is 3.06. The zero-order valence-electron chi connectivity index (χ0n) is 17.5. The van der Waals surface area contributed by atoms with Crippen LogP contribution in [0.2, 0.25) is 0 Å². The number of nitrogens with one attached hydrogen (secondary N) is 1. The first-order valence-corrected chi connectivity index (χ1v) is 10.9. The Morgan fingerprint density at radius 2 is 1.97 bits per heavy atom. The Balaban J connectivity index is 1.28. The number of anilines is 3. The number of rotatable bonds is 5. The fourth-order valence-corrected chi connectivity index (χ4v) is 4.58. The van der Waals surface area contributed by atoms with Gasteiger partial charge >= 0.3 is 0 Å². The standard InChI is InChI=1S/C23H23FN6O2/c24-17-8-11-29(13-17)20(31)15-1-5-18(6-2-15)27-22-26-10-7-19(28-22)30-12-9-23(14-25,21(30)32)16-3-4-16/h1-2,5-7,10,16-17H,3-4,8-9,11-13H2,(H,26,27,28)/t17-,23-/m1/s1. The van der Waals surface area contributed by atoms with Gasteiger partial charge < -0.3 is 10.2 Å². The Morgan fingerprint density at radius 1 is 1.19 bits per heavy atom. The van der Waals surface area contributed by atoms with Gasteiger partial charge in [0.2, 0.25) is 11.9 Å². The SMILES string of the molecule is N#C[C@@]1(C2CC2)CCN(c2ccnc(Nc3ccc(C(=O)N4CC[C@@H](F)C4)cc3)n2)C1=O. The summed E-state index contributed by atoms with van der Waals surface area (Å²) < 4.78 is 13.4. The summed E-state index contributed by atoms with van der Waals surface area (Å²) >= 11 is 0. The van der Waals surface area contributed by atoms with Gasteiger partial charge in [0, 0.05) is 30.5 Å². The van der Waals surface area contributed by atoms with Gasteiger partial charge in [0.05, 0.1) is 12.6 Å². The number of hydrogen-bond donors (Lipinski definition) is 1. The topological polar surface area (TPSA) is 102 Å². The number of aromatic nitrogens is 2. The van der Waals surface area contributed by atoms with Crippen LogP contribution in [0, 0.1) is 22.7 Å². The second-order valence-electron chi connectivity index (χ2n) is 8.64. The van der Waals surface area contributed by atoms with Crippen LogP contribution >= 0.6 is 0 Å². The predicted molar refractivity (Wildman–Crippen MR) is 115 cm³/mol. The number of carbonyl (C=O) groups excluding carboxylic acids is 2. The number of carbonyl (C=O) groups is 2. The van der Waals surface area contributed by atoms with Crippen molar-refractivity contribution in [2.45, 2.75) is 31.9 Å². The Labute approximate surface area is 185 Å². The number of hydrogen-bond acceptors (Lipinski definition) is 6.